The summed E-state index contributed by atoms with van der Waals surface area (Å²) in [6.45, 7) is 1.40. The first kappa shape index (κ1) is 29.6. The number of fused-ring (bicyclic) bond motifs is 3. The van der Waals surface area contributed by atoms with E-state index < -0.39 is 42.7 Å². The molecule has 1 fully saturated rings. The Balaban J connectivity index is 1.89. The molecule has 1 saturated heterocycles. The summed E-state index contributed by atoms with van der Waals surface area (Å²) < 4.78 is 22.5. The minimum atomic E-state index is -1.88. The molecule has 0 radical (unpaired) electrons. The zero-order valence-corrected chi connectivity index (χ0v) is 23.1. The molecule has 2 aromatic carbocycles. The van der Waals surface area contributed by atoms with Crippen LogP contribution >= 0.6 is 11.8 Å². The molecule has 2 aliphatic rings. The first-order valence-corrected chi connectivity index (χ1v) is 13.6. The number of aryl methyl sites for hydroxylation is 1. The predicted octanol–water partition coefficient (Wildman–Crippen LogP) is 0.847. The fraction of sp³-hybridized carbons (Fsp3) is 0.444. The van der Waals surface area contributed by atoms with E-state index in [0.29, 0.717) is 40.0 Å². The Bertz CT molecular complexity index is 1370. The number of amides is 1. The SMILES string of the molecule is COc1c(O[C@@H]2O[C@H](C(=O)O)[C@@H](O)[C@H](O)[C@H]2O)cc2c(c1OC)-c1ccc(SC)c(=O)cc1C(NC(C)=O)CC2. The van der Waals surface area contributed by atoms with E-state index in [4.69, 9.17) is 18.9 Å². The molecule has 1 unspecified atom stereocenters. The molecule has 5 N–H and O–H groups in total. The minimum Gasteiger partial charge on any atom is -0.492 e. The third-order valence-corrected chi connectivity index (χ3v) is 7.71. The lowest BCUT2D eigenvalue weighted by molar-refractivity contribution is -0.271. The van der Waals surface area contributed by atoms with Gasteiger partial charge >= 0.3 is 5.97 Å². The molecular weight excluding hydrogens is 546 g/mol. The van der Waals surface area contributed by atoms with E-state index in [9.17, 15) is 34.8 Å². The van der Waals surface area contributed by atoms with Gasteiger partial charge in [0.25, 0.3) is 0 Å². The number of carboxylic acids is 1. The van der Waals surface area contributed by atoms with Crippen LogP contribution in [0.2, 0.25) is 0 Å². The van der Waals surface area contributed by atoms with E-state index in [0.717, 1.165) is 0 Å². The monoisotopic (exact) mass is 577 g/mol. The molecule has 2 aromatic rings. The molecule has 216 valence electrons. The minimum absolute atomic E-state index is 0.0176. The summed E-state index contributed by atoms with van der Waals surface area (Å²) in [4.78, 5) is 37.1. The highest BCUT2D eigenvalue weighted by Crippen LogP contribution is 2.50. The zero-order valence-electron chi connectivity index (χ0n) is 22.2. The fourth-order valence-corrected chi connectivity index (χ4v) is 5.54. The van der Waals surface area contributed by atoms with E-state index in [1.165, 1.54) is 39.0 Å². The number of benzene rings is 1. The van der Waals surface area contributed by atoms with Crippen molar-refractivity contribution in [3.8, 4) is 28.4 Å². The van der Waals surface area contributed by atoms with Gasteiger partial charge in [0, 0.05) is 12.5 Å². The molecule has 0 aromatic heterocycles. The average Bonchev–Trinajstić information content (AvgIpc) is 3.16. The largest absolute Gasteiger partial charge is 0.492 e. The van der Waals surface area contributed by atoms with Crippen LogP contribution in [-0.2, 0) is 20.7 Å². The van der Waals surface area contributed by atoms with Gasteiger partial charge in [-0.05, 0) is 54.0 Å². The zero-order chi connectivity index (χ0) is 29.3. The first-order valence-electron chi connectivity index (χ1n) is 12.4. The Labute approximate surface area is 233 Å². The van der Waals surface area contributed by atoms with Gasteiger partial charge in [0.1, 0.15) is 18.3 Å². The molecule has 1 aliphatic heterocycles. The number of methoxy groups -OCH3 is 2. The Kier molecular flexibility index (Phi) is 8.90. The van der Waals surface area contributed by atoms with Gasteiger partial charge < -0.3 is 44.7 Å². The second kappa shape index (κ2) is 12.0. The standard InChI is InChI=1S/C27H31NO11S/c1-11(29)28-15-7-5-12-9-17(38-27-22(33)20(31)21(32)25(39-27)26(34)35)23(36-2)24(37-3)19(12)13-6-8-18(40-4)16(30)10-14(13)15/h6,8-10,15,20-22,25,27,31-33H,5,7H2,1-4H3,(H,28,29)(H,34,35)/t15?,20-,21-,22+,25-,27+/m0/s1. The number of carbonyl (C=O) groups excluding carboxylic acids is 1. The maximum atomic E-state index is 13.0. The van der Waals surface area contributed by atoms with Crippen molar-refractivity contribution in [1.29, 1.82) is 0 Å². The van der Waals surface area contributed by atoms with Crippen LogP contribution in [0.5, 0.6) is 17.2 Å². The van der Waals surface area contributed by atoms with Gasteiger partial charge in [0.2, 0.25) is 17.9 Å². The van der Waals surface area contributed by atoms with Gasteiger partial charge in [-0.15, -0.1) is 11.8 Å². The van der Waals surface area contributed by atoms with E-state index in [2.05, 4.69) is 5.32 Å². The number of rotatable bonds is 7. The van der Waals surface area contributed by atoms with Crippen molar-refractivity contribution < 1.29 is 49.0 Å². The van der Waals surface area contributed by atoms with Gasteiger partial charge in [0.15, 0.2) is 23.0 Å². The van der Waals surface area contributed by atoms with Crippen molar-refractivity contribution in [3.63, 3.8) is 0 Å². The number of hydrogen-bond donors (Lipinski definition) is 5. The van der Waals surface area contributed by atoms with Crippen LogP contribution in [0, 0.1) is 0 Å². The molecule has 0 bridgehead atoms. The number of carboxylic acid groups (broad SMARTS) is 1. The van der Waals surface area contributed by atoms with Crippen LogP contribution in [0.25, 0.3) is 11.1 Å². The van der Waals surface area contributed by atoms with Gasteiger partial charge in [-0.25, -0.2) is 4.79 Å². The third kappa shape index (κ3) is 5.47. The number of thioether (sulfide) groups is 1. The summed E-state index contributed by atoms with van der Waals surface area (Å²) in [6.07, 6.45) is -6.44. The third-order valence-electron chi connectivity index (χ3n) is 6.93. The molecule has 1 heterocycles. The Morgan fingerprint density at radius 2 is 1.75 bits per heavy atom. The van der Waals surface area contributed by atoms with Crippen LogP contribution in [0.4, 0.5) is 0 Å². The lowest BCUT2D eigenvalue weighted by Crippen LogP contribution is -2.61. The topological polar surface area (TPSA) is 181 Å². The second-order valence-corrected chi connectivity index (χ2v) is 10.2. The number of aliphatic hydroxyl groups excluding tert-OH is 3. The van der Waals surface area contributed by atoms with Crippen LogP contribution in [-0.4, -0.2) is 83.5 Å². The average molecular weight is 578 g/mol. The van der Waals surface area contributed by atoms with Crippen molar-refractivity contribution in [3.05, 3.63) is 45.6 Å². The molecule has 1 amide bonds. The molecular formula is C27H31NO11S. The Hall–Kier alpha value is -3.36. The predicted molar refractivity (Wildman–Crippen MR) is 143 cm³/mol. The molecule has 1 aliphatic carbocycles. The van der Waals surface area contributed by atoms with Gasteiger partial charge in [0.05, 0.1) is 25.2 Å². The molecule has 0 saturated carbocycles. The summed E-state index contributed by atoms with van der Waals surface area (Å²) in [7, 11) is 2.78. The van der Waals surface area contributed by atoms with Crippen molar-refractivity contribution >= 4 is 23.6 Å². The Morgan fingerprint density at radius 3 is 2.35 bits per heavy atom. The normalized spacial score (nSPS) is 25.6. The lowest BCUT2D eigenvalue weighted by atomic mass is 9.95. The lowest BCUT2D eigenvalue weighted by Gasteiger charge is -2.38. The van der Waals surface area contributed by atoms with E-state index in [-0.39, 0.29) is 28.6 Å². The summed E-state index contributed by atoms with van der Waals surface area (Å²) in [5.74, 6) is -1.49. The Morgan fingerprint density at radius 1 is 1.05 bits per heavy atom. The molecule has 13 heteroatoms. The van der Waals surface area contributed by atoms with Gasteiger partial charge in [-0.1, -0.05) is 6.07 Å². The molecule has 6 atom stereocenters. The van der Waals surface area contributed by atoms with Crippen LogP contribution in [0.1, 0.15) is 30.5 Å². The highest BCUT2D eigenvalue weighted by molar-refractivity contribution is 7.98. The fourth-order valence-electron chi connectivity index (χ4n) is 5.07. The second-order valence-electron chi connectivity index (χ2n) is 9.40. The number of nitrogens with one attached hydrogen (secondary N) is 1. The maximum Gasteiger partial charge on any atom is 0.335 e. The van der Waals surface area contributed by atoms with Crippen molar-refractivity contribution in [2.24, 2.45) is 0 Å². The summed E-state index contributed by atoms with van der Waals surface area (Å²) in [6, 6.07) is 6.12. The molecule has 0 spiro atoms. The highest BCUT2D eigenvalue weighted by atomic mass is 32.2. The van der Waals surface area contributed by atoms with Crippen molar-refractivity contribution in [2.45, 2.75) is 61.4 Å². The molecule has 12 nitrogen and oxygen atoms in total. The smallest absolute Gasteiger partial charge is 0.335 e. The summed E-state index contributed by atoms with van der Waals surface area (Å²) >= 11 is 1.30. The highest BCUT2D eigenvalue weighted by Gasteiger charge is 2.48. The number of hydrogen-bond acceptors (Lipinski definition) is 11. The van der Waals surface area contributed by atoms with Gasteiger partial charge in [-0.3, -0.25) is 9.59 Å². The van der Waals surface area contributed by atoms with Crippen molar-refractivity contribution in [1.82, 2.24) is 5.32 Å². The number of aliphatic hydroxyl groups is 3. The summed E-state index contributed by atoms with van der Waals surface area (Å²) in [5.41, 5.74) is 2.31. The first-order chi connectivity index (χ1) is 19.0. The van der Waals surface area contributed by atoms with Crippen LogP contribution in [0.15, 0.2) is 34.0 Å². The van der Waals surface area contributed by atoms with E-state index >= 15 is 0 Å². The molecule has 4 rings (SSSR count). The number of ether oxygens (including phenoxy) is 4. The van der Waals surface area contributed by atoms with Gasteiger partial charge in [-0.2, -0.15) is 0 Å². The van der Waals surface area contributed by atoms with Crippen molar-refractivity contribution in [2.75, 3.05) is 20.5 Å². The maximum absolute atomic E-state index is 13.0. The van der Waals surface area contributed by atoms with Crippen LogP contribution < -0.4 is 25.0 Å². The quantitative estimate of drug-likeness (QED) is 0.293. The molecule has 40 heavy (non-hydrogen) atoms. The number of carbonyl (C=O) groups is 2. The summed E-state index contributed by atoms with van der Waals surface area (Å²) in [5, 5.41) is 43.1. The van der Waals surface area contributed by atoms with E-state index in [1.807, 2.05) is 0 Å². The van der Waals surface area contributed by atoms with E-state index in [1.54, 1.807) is 24.5 Å². The number of aliphatic carboxylic acids is 1. The van der Waals surface area contributed by atoms with Crippen LogP contribution in [0.3, 0.4) is 0 Å².